The van der Waals surface area contributed by atoms with Crippen molar-refractivity contribution < 1.29 is 27.1 Å². The van der Waals surface area contributed by atoms with Crippen LogP contribution in [-0.2, 0) is 10.0 Å². The Labute approximate surface area is 176 Å². The molecule has 0 aliphatic carbocycles. The molecule has 0 spiro atoms. The molecule has 1 aliphatic heterocycles. The number of fused-ring (bicyclic) bond motifs is 1. The van der Waals surface area contributed by atoms with Gasteiger partial charge in [-0.05, 0) is 48.5 Å². The molecule has 10 heteroatoms. The van der Waals surface area contributed by atoms with Gasteiger partial charge in [0.2, 0.25) is 6.79 Å². The molecule has 0 aromatic heterocycles. The highest BCUT2D eigenvalue weighted by Gasteiger charge is 2.19. The molecule has 4 rings (SSSR count). The third-order valence-corrected chi connectivity index (χ3v) is 5.88. The molecule has 0 unspecified atom stereocenters. The molecule has 0 fully saturated rings. The maximum Gasteiger partial charge on any atom is 0.261 e. The van der Waals surface area contributed by atoms with Crippen molar-refractivity contribution in [3.8, 4) is 11.5 Å². The Morgan fingerprint density at radius 2 is 1.73 bits per heavy atom. The van der Waals surface area contributed by atoms with Crippen molar-refractivity contribution in [2.75, 3.05) is 16.8 Å². The molecular weight excluding hydrogens is 435 g/mol. The highest BCUT2D eigenvalue weighted by molar-refractivity contribution is 7.92. The van der Waals surface area contributed by atoms with Gasteiger partial charge in [-0.15, -0.1) is 0 Å². The van der Waals surface area contributed by atoms with Crippen molar-refractivity contribution in [3.05, 3.63) is 77.1 Å². The molecule has 154 valence electrons. The topological polar surface area (TPSA) is 93.7 Å². The van der Waals surface area contributed by atoms with Crippen LogP contribution in [0.25, 0.3) is 0 Å². The Morgan fingerprint density at radius 1 is 0.967 bits per heavy atom. The van der Waals surface area contributed by atoms with Crippen LogP contribution in [0.3, 0.4) is 0 Å². The van der Waals surface area contributed by atoms with Crippen molar-refractivity contribution >= 4 is 38.9 Å². The van der Waals surface area contributed by atoms with Gasteiger partial charge in [-0.2, -0.15) is 0 Å². The molecule has 0 atom stereocenters. The Balaban J connectivity index is 1.54. The second kappa shape index (κ2) is 7.85. The quantitative estimate of drug-likeness (QED) is 0.608. The molecular formula is C20H14ClFN2O5S. The summed E-state index contributed by atoms with van der Waals surface area (Å²) in [6.45, 7) is 0.0714. The number of hydrogen-bond acceptors (Lipinski definition) is 5. The molecule has 0 saturated heterocycles. The lowest BCUT2D eigenvalue weighted by atomic mass is 10.2. The average Bonchev–Trinajstić information content (AvgIpc) is 3.18. The SMILES string of the molecule is O=C(Nc1ccc(F)c(Cl)c1)c1cccc(S(=O)(=O)Nc2ccc3c(c2)OCO3)c1. The first-order valence-corrected chi connectivity index (χ1v) is 10.5. The van der Waals surface area contributed by atoms with Gasteiger partial charge in [-0.1, -0.05) is 17.7 Å². The number of carbonyl (C=O) groups is 1. The number of rotatable bonds is 5. The predicted octanol–water partition coefficient (Wildman–Crippen LogP) is 4.26. The van der Waals surface area contributed by atoms with Gasteiger partial charge in [-0.25, -0.2) is 12.8 Å². The number of anilines is 2. The maximum absolute atomic E-state index is 13.3. The third-order valence-electron chi connectivity index (χ3n) is 4.21. The lowest BCUT2D eigenvalue weighted by Gasteiger charge is -2.10. The molecule has 3 aromatic rings. The van der Waals surface area contributed by atoms with E-state index in [1.54, 1.807) is 12.1 Å². The number of halogens is 2. The minimum Gasteiger partial charge on any atom is -0.454 e. The van der Waals surface area contributed by atoms with Gasteiger partial charge in [0, 0.05) is 17.3 Å². The maximum atomic E-state index is 13.3. The summed E-state index contributed by atoms with van der Waals surface area (Å²) in [7, 11) is -3.97. The summed E-state index contributed by atoms with van der Waals surface area (Å²) in [5.74, 6) is -0.228. The van der Waals surface area contributed by atoms with E-state index in [1.165, 1.54) is 42.5 Å². The predicted molar refractivity (Wildman–Crippen MR) is 109 cm³/mol. The van der Waals surface area contributed by atoms with Crippen molar-refractivity contribution in [2.24, 2.45) is 0 Å². The Bertz CT molecular complexity index is 1250. The first kappa shape index (κ1) is 20.0. The van der Waals surface area contributed by atoms with Gasteiger partial charge in [0.25, 0.3) is 15.9 Å². The first-order chi connectivity index (χ1) is 14.3. The third kappa shape index (κ3) is 4.17. The van der Waals surface area contributed by atoms with E-state index in [2.05, 4.69) is 10.0 Å². The van der Waals surface area contributed by atoms with Crippen LogP contribution in [0.2, 0.25) is 5.02 Å². The fraction of sp³-hybridized carbons (Fsp3) is 0.0500. The van der Waals surface area contributed by atoms with E-state index >= 15 is 0 Å². The molecule has 1 amide bonds. The lowest BCUT2D eigenvalue weighted by Crippen LogP contribution is -2.16. The summed E-state index contributed by atoms with van der Waals surface area (Å²) in [5, 5.41) is 2.41. The minimum absolute atomic E-state index is 0.0714. The zero-order valence-corrected chi connectivity index (χ0v) is 16.8. The standard InChI is InChI=1S/C20H14ClFN2O5S/c21-16-9-13(4-6-17(16)22)23-20(25)12-2-1-3-15(8-12)30(26,27)24-14-5-7-18-19(10-14)29-11-28-18/h1-10,24H,11H2,(H,23,25). The number of amides is 1. The van der Waals surface area contributed by atoms with Gasteiger partial charge in [-0.3, -0.25) is 9.52 Å². The van der Waals surface area contributed by atoms with E-state index in [9.17, 15) is 17.6 Å². The number of nitrogens with one attached hydrogen (secondary N) is 2. The van der Waals surface area contributed by atoms with Gasteiger partial charge in [0.05, 0.1) is 15.6 Å². The van der Waals surface area contributed by atoms with E-state index in [0.29, 0.717) is 11.5 Å². The van der Waals surface area contributed by atoms with Crippen LogP contribution >= 0.6 is 11.6 Å². The molecule has 0 saturated carbocycles. The van der Waals surface area contributed by atoms with Crippen LogP contribution in [0.1, 0.15) is 10.4 Å². The Kier molecular flexibility index (Phi) is 5.23. The van der Waals surface area contributed by atoms with Crippen LogP contribution in [0, 0.1) is 5.82 Å². The number of ether oxygens (including phenoxy) is 2. The number of hydrogen-bond donors (Lipinski definition) is 2. The smallest absolute Gasteiger partial charge is 0.261 e. The van der Waals surface area contributed by atoms with Crippen LogP contribution in [0.4, 0.5) is 15.8 Å². The van der Waals surface area contributed by atoms with Gasteiger partial charge >= 0.3 is 0 Å². The van der Waals surface area contributed by atoms with Crippen molar-refractivity contribution in [1.29, 1.82) is 0 Å². The first-order valence-electron chi connectivity index (χ1n) is 8.61. The van der Waals surface area contributed by atoms with Gasteiger partial charge in [0.1, 0.15) is 5.82 Å². The van der Waals surface area contributed by atoms with Gasteiger partial charge in [0.15, 0.2) is 11.5 Å². The summed E-state index contributed by atoms with van der Waals surface area (Å²) in [4.78, 5) is 12.4. The number of sulfonamides is 1. The normalized spacial score (nSPS) is 12.5. The van der Waals surface area contributed by atoms with E-state index in [4.69, 9.17) is 21.1 Å². The zero-order valence-electron chi connectivity index (χ0n) is 15.2. The van der Waals surface area contributed by atoms with Crippen molar-refractivity contribution in [1.82, 2.24) is 0 Å². The summed E-state index contributed by atoms with van der Waals surface area (Å²) in [6, 6.07) is 13.9. The Hall–Kier alpha value is -3.30. The van der Waals surface area contributed by atoms with E-state index in [0.717, 1.165) is 6.07 Å². The summed E-state index contributed by atoms with van der Waals surface area (Å²) in [6.07, 6.45) is 0. The highest BCUT2D eigenvalue weighted by atomic mass is 35.5. The van der Waals surface area contributed by atoms with Crippen LogP contribution in [-0.4, -0.2) is 21.1 Å². The fourth-order valence-electron chi connectivity index (χ4n) is 2.76. The second-order valence-electron chi connectivity index (χ2n) is 6.28. The van der Waals surface area contributed by atoms with E-state index in [1.807, 2.05) is 0 Å². The lowest BCUT2D eigenvalue weighted by molar-refractivity contribution is 0.102. The largest absolute Gasteiger partial charge is 0.454 e. The second-order valence-corrected chi connectivity index (χ2v) is 8.37. The van der Waals surface area contributed by atoms with Crippen molar-refractivity contribution in [2.45, 2.75) is 4.90 Å². The van der Waals surface area contributed by atoms with E-state index < -0.39 is 21.7 Å². The Morgan fingerprint density at radius 3 is 2.53 bits per heavy atom. The number of benzene rings is 3. The molecule has 0 bridgehead atoms. The van der Waals surface area contributed by atoms with Crippen LogP contribution in [0.15, 0.2) is 65.6 Å². The average molecular weight is 449 g/mol. The van der Waals surface area contributed by atoms with Crippen LogP contribution < -0.4 is 19.5 Å². The molecule has 1 heterocycles. The fourth-order valence-corrected chi connectivity index (χ4v) is 4.03. The summed E-state index contributed by atoms with van der Waals surface area (Å²) in [5.41, 5.74) is 0.664. The molecule has 2 N–H and O–H groups in total. The number of carbonyl (C=O) groups excluding carboxylic acids is 1. The monoisotopic (exact) mass is 448 g/mol. The zero-order chi connectivity index (χ0) is 21.3. The van der Waals surface area contributed by atoms with Gasteiger partial charge < -0.3 is 14.8 Å². The highest BCUT2D eigenvalue weighted by Crippen LogP contribution is 2.34. The molecule has 0 radical (unpaired) electrons. The molecule has 7 nitrogen and oxygen atoms in total. The molecule has 1 aliphatic rings. The molecule has 3 aromatic carbocycles. The minimum atomic E-state index is -3.97. The molecule has 30 heavy (non-hydrogen) atoms. The van der Waals surface area contributed by atoms with E-state index in [-0.39, 0.29) is 33.6 Å². The summed E-state index contributed by atoms with van der Waals surface area (Å²) < 4.78 is 51.6. The summed E-state index contributed by atoms with van der Waals surface area (Å²) >= 11 is 5.71. The van der Waals surface area contributed by atoms with Crippen molar-refractivity contribution in [3.63, 3.8) is 0 Å². The van der Waals surface area contributed by atoms with Crippen LogP contribution in [0.5, 0.6) is 11.5 Å².